The molecule has 2 aromatic carbocycles. The van der Waals surface area contributed by atoms with Crippen molar-refractivity contribution >= 4 is 109 Å². The Morgan fingerprint density at radius 1 is 0.447 bits per heavy atom. The predicted molar refractivity (Wildman–Crippen MR) is 157 cm³/mol. The van der Waals surface area contributed by atoms with Gasteiger partial charge in [-0.25, -0.2) is 0 Å². The van der Waals surface area contributed by atoms with Crippen molar-refractivity contribution in [3.05, 3.63) is 104 Å². The van der Waals surface area contributed by atoms with Crippen molar-refractivity contribution in [1.82, 2.24) is 0 Å². The van der Waals surface area contributed by atoms with E-state index in [2.05, 4.69) is 0 Å². The van der Waals surface area contributed by atoms with E-state index >= 15 is 0 Å². The monoisotopic (exact) mass is 564 g/mol. The average Bonchev–Trinajstić information content (AvgIpc) is 3.73. The smallest absolute Gasteiger partial charge is 0.197 e. The van der Waals surface area contributed by atoms with E-state index in [0.717, 1.165) is 28.6 Å². The van der Waals surface area contributed by atoms with Gasteiger partial charge in [-0.05, 0) is 24.3 Å². The lowest BCUT2D eigenvalue weighted by Gasteiger charge is -1.92. The minimum atomic E-state index is -0.215. The molecule has 0 saturated carbocycles. The van der Waals surface area contributed by atoms with E-state index in [4.69, 9.17) is 0 Å². The van der Waals surface area contributed by atoms with Gasteiger partial charge in [0.15, 0.2) is 23.1 Å². The number of thiophene rings is 4. The number of allylic oxidation sites excluding steroid dienone is 2. The molecular weight excluding hydrogens is 553 g/mol. The molecule has 4 nitrogen and oxygen atoms in total. The normalized spacial score (nSPS) is 14.9. The molecule has 2 aliphatic carbocycles. The van der Waals surface area contributed by atoms with Gasteiger partial charge < -0.3 is 0 Å². The van der Waals surface area contributed by atoms with Gasteiger partial charge in [-0.3, -0.25) is 19.2 Å². The van der Waals surface area contributed by atoms with Crippen molar-refractivity contribution in [2.24, 2.45) is 0 Å². The lowest BCUT2D eigenvalue weighted by molar-refractivity contribution is 0.0975. The third-order valence-corrected chi connectivity index (χ3v) is 12.0. The molecular formula is C30H12O4S4. The molecule has 0 aliphatic heterocycles. The largest absolute Gasteiger partial charge is 0.288 e. The van der Waals surface area contributed by atoms with Crippen LogP contribution in [0.25, 0.3) is 40.4 Å². The van der Waals surface area contributed by atoms with Gasteiger partial charge in [-0.1, -0.05) is 48.5 Å². The molecule has 2 aliphatic rings. The number of fused-ring (bicyclic) bond motifs is 7. The number of rotatable bonds is 2. The van der Waals surface area contributed by atoms with Gasteiger partial charge in [0.05, 0.1) is 29.9 Å². The second-order valence-electron chi connectivity index (χ2n) is 9.07. The number of Topliss-reactive ketones (excluding diaryl/α,β-unsaturated/α-hetero) is 4. The van der Waals surface area contributed by atoms with Gasteiger partial charge in [0.1, 0.15) is 0 Å². The average molecular weight is 565 g/mol. The van der Waals surface area contributed by atoms with E-state index < -0.39 is 0 Å². The Morgan fingerprint density at radius 2 is 0.789 bits per heavy atom. The highest BCUT2D eigenvalue weighted by Crippen LogP contribution is 2.50. The Balaban J connectivity index is 1.17. The Labute approximate surface area is 230 Å². The number of ketones is 4. The first-order valence-corrected chi connectivity index (χ1v) is 14.9. The minimum Gasteiger partial charge on any atom is -0.288 e. The Hall–Kier alpha value is -3.82. The van der Waals surface area contributed by atoms with Crippen molar-refractivity contribution in [3.63, 3.8) is 0 Å². The highest BCUT2D eigenvalue weighted by atomic mass is 32.1. The van der Waals surface area contributed by atoms with Crippen LogP contribution >= 0.6 is 45.3 Å². The molecule has 0 amide bonds. The van der Waals surface area contributed by atoms with Gasteiger partial charge in [0, 0.05) is 41.4 Å². The fourth-order valence-electron chi connectivity index (χ4n) is 5.10. The van der Waals surface area contributed by atoms with Crippen molar-refractivity contribution in [1.29, 1.82) is 0 Å². The third-order valence-electron chi connectivity index (χ3n) is 6.86. The van der Waals surface area contributed by atoms with Gasteiger partial charge in [-0.2, -0.15) is 0 Å². The zero-order valence-corrected chi connectivity index (χ0v) is 22.5. The van der Waals surface area contributed by atoms with Crippen LogP contribution in [0.2, 0.25) is 0 Å². The fraction of sp³-hybridized carbons (Fsp3) is 0. The summed E-state index contributed by atoms with van der Waals surface area (Å²) >= 11 is 6.56. The van der Waals surface area contributed by atoms with E-state index in [1.807, 2.05) is 12.1 Å². The first-order chi connectivity index (χ1) is 18.5. The van der Waals surface area contributed by atoms with Crippen molar-refractivity contribution in [2.45, 2.75) is 0 Å². The van der Waals surface area contributed by atoms with Crippen LogP contribution in [0.15, 0.2) is 71.8 Å². The number of hydrogen-bond donors (Lipinski definition) is 0. The Kier molecular flexibility index (Phi) is 4.58. The van der Waals surface area contributed by atoms with Crippen LogP contribution in [-0.2, 0) is 0 Å². The summed E-state index contributed by atoms with van der Waals surface area (Å²) in [5.41, 5.74) is 2.33. The summed E-state index contributed by atoms with van der Waals surface area (Å²) in [6, 6.07) is 18.0. The van der Waals surface area contributed by atoms with E-state index in [1.165, 1.54) is 9.40 Å². The van der Waals surface area contributed by atoms with E-state index in [-0.39, 0.29) is 34.3 Å². The number of hydrogen-bond acceptors (Lipinski definition) is 8. The molecule has 180 valence electrons. The van der Waals surface area contributed by atoms with Crippen LogP contribution in [0.4, 0.5) is 0 Å². The van der Waals surface area contributed by atoms with Crippen LogP contribution in [-0.4, -0.2) is 23.1 Å². The molecule has 4 heterocycles. The van der Waals surface area contributed by atoms with Crippen LogP contribution in [0.1, 0.15) is 51.2 Å². The SMILES string of the molecule is O=C1C(=Cc2cc3sc4c5sc(C=C6C(=O)c7ccccc7C6=O)cc5sc4c3s2)C(=O)c2ccccc21. The first-order valence-electron chi connectivity index (χ1n) is 11.7. The molecule has 8 rings (SSSR count). The Bertz CT molecular complexity index is 1930. The van der Waals surface area contributed by atoms with Gasteiger partial charge in [-0.15, -0.1) is 45.3 Å². The van der Waals surface area contributed by atoms with Gasteiger partial charge in [0.2, 0.25) is 0 Å². The maximum atomic E-state index is 12.8. The second kappa shape index (κ2) is 7.85. The summed E-state index contributed by atoms with van der Waals surface area (Å²) in [6.45, 7) is 0. The lowest BCUT2D eigenvalue weighted by atomic mass is 10.1. The molecule has 0 N–H and O–H groups in total. The maximum absolute atomic E-state index is 12.8. The van der Waals surface area contributed by atoms with E-state index in [9.17, 15) is 19.2 Å². The number of carbonyl (C=O) groups excluding carboxylic acids is 4. The summed E-state index contributed by atoms with van der Waals surface area (Å²) in [5.74, 6) is -0.859. The van der Waals surface area contributed by atoms with Crippen LogP contribution in [0.3, 0.4) is 0 Å². The summed E-state index contributed by atoms with van der Waals surface area (Å²) in [7, 11) is 0. The number of carbonyl (C=O) groups is 4. The maximum Gasteiger partial charge on any atom is 0.197 e. The molecule has 4 aromatic heterocycles. The lowest BCUT2D eigenvalue weighted by Crippen LogP contribution is -1.99. The molecule has 8 heteroatoms. The zero-order valence-electron chi connectivity index (χ0n) is 19.2. The fourth-order valence-corrected chi connectivity index (χ4v) is 10.6. The molecule has 0 atom stereocenters. The van der Waals surface area contributed by atoms with Crippen molar-refractivity contribution < 1.29 is 19.2 Å². The van der Waals surface area contributed by atoms with Crippen molar-refractivity contribution in [3.8, 4) is 0 Å². The van der Waals surface area contributed by atoms with Gasteiger partial charge in [0.25, 0.3) is 0 Å². The molecule has 0 spiro atoms. The molecule has 0 bridgehead atoms. The standard InChI is InChI=1S/C30H12O4S4/c31-23-15-5-1-2-6-16(15)24(32)19(23)9-13-11-21-27(35-13)29-30(37-21)28-22(38-29)12-14(36-28)10-20-25(33)17-7-3-4-8-18(17)26(20)34/h1-12H. The summed E-state index contributed by atoms with van der Waals surface area (Å²) in [4.78, 5) is 53.0. The molecule has 0 fully saturated rings. The Morgan fingerprint density at radius 3 is 1.13 bits per heavy atom. The predicted octanol–water partition coefficient (Wildman–Crippen LogP) is 8.32. The zero-order chi connectivity index (χ0) is 25.7. The number of benzene rings is 2. The van der Waals surface area contributed by atoms with Crippen molar-refractivity contribution in [2.75, 3.05) is 0 Å². The molecule has 38 heavy (non-hydrogen) atoms. The second-order valence-corrected chi connectivity index (χ2v) is 13.3. The summed E-state index contributed by atoms with van der Waals surface area (Å²) < 4.78 is 6.91. The first kappa shape index (κ1) is 22.2. The van der Waals surface area contributed by atoms with Gasteiger partial charge >= 0.3 is 0 Å². The molecule has 6 aromatic rings. The topological polar surface area (TPSA) is 68.3 Å². The molecule has 0 radical (unpaired) electrons. The molecule has 0 saturated heterocycles. The van der Waals surface area contributed by atoms with Crippen LogP contribution in [0, 0.1) is 0 Å². The van der Waals surface area contributed by atoms with Crippen LogP contribution in [0.5, 0.6) is 0 Å². The highest BCUT2D eigenvalue weighted by Gasteiger charge is 2.34. The van der Waals surface area contributed by atoms with Crippen LogP contribution < -0.4 is 0 Å². The van der Waals surface area contributed by atoms with E-state index in [0.29, 0.717) is 22.3 Å². The minimum absolute atomic E-state index is 0.215. The quantitative estimate of drug-likeness (QED) is 0.157. The molecule has 0 unspecified atom stereocenters. The van der Waals surface area contributed by atoms with E-state index in [1.54, 1.807) is 106 Å². The highest BCUT2D eigenvalue weighted by molar-refractivity contribution is 7.44. The summed E-state index contributed by atoms with van der Waals surface area (Å²) in [5, 5.41) is 0. The summed E-state index contributed by atoms with van der Waals surface area (Å²) in [6.07, 6.45) is 3.45. The third kappa shape index (κ3) is 3.00.